The zero-order chi connectivity index (χ0) is 12.4. The van der Waals surface area contributed by atoms with Crippen LogP contribution in [-0.4, -0.2) is 4.98 Å². The van der Waals surface area contributed by atoms with Gasteiger partial charge in [0.1, 0.15) is 5.75 Å². The van der Waals surface area contributed by atoms with Crippen molar-refractivity contribution in [1.82, 2.24) is 4.98 Å². The predicted molar refractivity (Wildman–Crippen MR) is 73.3 cm³/mol. The molecule has 0 aliphatic heterocycles. The van der Waals surface area contributed by atoms with Gasteiger partial charge in [0.15, 0.2) is 0 Å². The van der Waals surface area contributed by atoms with E-state index in [1.165, 1.54) is 0 Å². The Hall–Kier alpha value is -2.06. The van der Waals surface area contributed by atoms with E-state index in [-0.39, 0.29) is 0 Å². The molecule has 2 aromatic carbocycles. The number of fused-ring (bicyclic) bond motifs is 1. The fourth-order valence-electron chi connectivity index (χ4n) is 1.74. The summed E-state index contributed by atoms with van der Waals surface area (Å²) in [7, 11) is 0. The number of hydrogen-bond acceptors (Lipinski definition) is 2. The van der Waals surface area contributed by atoms with Crippen LogP contribution >= 0.6 is 11.6 Å². The Morgan fingerprint density at radius 3 is 2.56 bits per heavy atom. The highest BCUT2D eigenvalue weighted by atomic mass is 35.5. The van der Waals surface area contributed by atoms with Crippen LogP contribution in [0.1, 0.15) is 0 Å². The molecule has 0 fully saturated rings. The standard InChI is InChI=1S/C15H10ClNO/c16-12-7-8-14-11(10-12)6-9-15(17-14)18-13-4-2-1-3-5-13/h1-10H. The molecule has 0 saturated carbocycles. The van der Waals surface area contributed by atoms with Crippen molar-refractivity contribution < 1.29 is 4.74 Å². The molecule has 0 aliphatic carbocycles. The lowest BCUT2D eigenvalue weighted by atomic mass is 10.2. The third-order valence-corrected chi connectivity index (χ3v) is 2.83. The summed E-state index contributed by atoms with van der Waals surface area (Å²) >= 11 is 5.93. The maximum atomic E-state index is 5.93. The van der Waals surface area contributed by atoms with E-state index in [2.05, 4.69) is 4.98 Å². The number of nitrogens with zero attached hydrogens (tertiary/aromatic N) is 1. The minimum atomic E-state index is 0.580. The average molecular weight is 256 g/mol. The molecule has 0 radical (unpaired) electrons. The van der Waals surface area contributed by atoms with Crippen molar-refractivity contribution in [1.29, 1.82) is 0 Å². The summed E-state index contributed by atoms with van der Waals surface area (Å²) in [4.78, 5) is 4.43. The molecular weight excluding hydrogens is 246 g/mol. The van der Waals surface area contributed by atoms with Gasteiger partial charge < -0.3 is 4.74 Å². The van der Waals surface area contributed by atoms with E-state index in [4.69, 9.17) is 16.3 Å². The number of rotatable bonds is 2. The van der Waals surface area contributed by atoms with Gasteiger partial charge in [0.05, 0.1) is 5.52 Å². The van der Waals surface area contributed by atoms with Gasteiger partial charge in [-0.1, -0.05) is 29.8 Å². The van der Waals surface area contributed by atoms with Crippen LogP contribution in [0.15, 0.2) is 60.7 Å². The number of ether oxygens (including phenoxy) is 1. The smallest absolute Gasteiger partial charge is 0.219 e. The molecule has 0 atom stereocenters. The third-order valence-electron chi connectivity index (χ3n) is 2.59. The topological polar surface area (TPSA) is 22.1 Å². The molecule has 88 valence electrons. The van der Waals surface area contributed by atoms with Crippen LogP contribution in [0.3, 0.4) is 0 Å². The van der Waals surface area contributed by atoms with Crippen LogP contribution in [0.25, 0.3) is 10.9 Å². The number of halogens is 1. The van der Waals surface area contributed by atoms with Crippen LogP contribution in [0.4, 0.5) is 0 Å². The number of hydrogen-bond donors (Lipinski definition) is 0. The Bertz CT molecular complexity index is 682. The summed E-state index contributed by atoms with van der Waals surface area (Å²) in [5, 5.41) is 1.71. The molecule has 1 heterocycles. The summed E-state index contributed by atoms with van der Waals surface area (Å²) in [6.07, 6.45) is 0. The number of para-hydroxylation sites is 1. The minimum absolute atomic E-state index is 0.580. The molecular formula is C15H10ClNO. The molecule has 0 aliphatic rings. The largest absolute Gasteiger partial charge is 0.439 e. The molecule has 0 unspecified atom stereocenters. The van der Waals surface area contributed by atoms with E-state index in [9.17, 15) is 0 Å². The highest BCUT2D eigenvalue weighted by Crippen LogP contribution is 2.23. The minimum Gasteiger partial charge on any atom is -0.439 e. The van der Waals surface area contributed by atoms with Crippen molar-refractivity contribution >= 4 is 22.5 Å². The van der Waals surface area contributed by atoms with Gasteiger partial charge in [-0.15, -0.1) is 0 Å². The number of pyridine rings is 1. The van der Waals surface area contributed by atoms with Gasteiger partial charge in [-0.2, -0.15) is 0 Å². The van der Waals surface area contributed by atoms with Crippen molar-refractivity contribution in [2.75, 3.05) is 0 Å². The predicted octanol–water partition coefficient (Wildman–Crippen LogP) is 4.68. The monoisotopic (exact) mass is 255 g/mol. The zero-order valence-corrected chi connectivity index (χ0v) is 10.3. The van der Waals surface area contributed by atoms with Crippen LogP contribution in [0.2, 0.25) is 5.02 Å². The van der Waals surface area contributed by atoms with Crippen molar-refractivity contribution in [3.05, 3.63) is 65.7 Å². The molecule has 2 nitrogen and oxygen atoms in total. The second-order valence-corrected chi connectivity index (χ2v) is 4.34. The molecule has 0 spiro atoms. The van der Waals surface area contributed by atoms with Crippen molar-refractivity contribution in [2.24, 2.45) is 0 Å². The Labute approximate surface area is 110 Å². The Kier molecular flexibility index (Phi) is 2.87. The van der Waals surface area contributed by atoms with E-state index >= 15 is 0 Å². The molecule has 0 bridgehead atoms. The van der Waals surface area contributed by atoms with Gasteiger partial charge in [0.25, 0.3) is 0 Å². The van der Waals surface area contributed by atoms with Crippen LogP contribution in [0, 0.1) is 0 Å². The highest BCUT2D eigenvalue weighted by Gasteiger charge is 2.01. The lowest BCUT2D eigenvalue weighted by molar-refractivity contribution is 0.465. The first-order valence-electron chi connectivity index (χ1n) is 5.60. The Morgan fingerprint density at radius 2 is 1.72 bits per heavy atom. The summed E-state index contributed by atoms with van der Waals surface area (Å²) < 4.78 is 5.67. The molecule has 3 heteroatoms. The normalized spacial score (nSPS) is 10.5. The molecule has 3 aromatic rings. The first-order valence-corrected chi connectivity index (χ1v) is 5.98. The lowest BCUT2D eigenvalue weighted by Crippen LogP contribution is -1.88. The van der Waals surface area contributed by atoms with Crippen molar-refractivity contribution in [2.45, 2.75) is 0 Å². The van der Waals surface area contributed by atoms with Gasteiger partial charge in [0, 0.05) is 16.5 Å². The molecule has 1 aromatic heterocycles. The molecule has 0 saturated heterocycles. The van der Waals surface area contributed by atoms with Gasteiger partial charge in [-0.3, -0.25) is 0 Å². The van der Waals surface area contributed by atoms with Crippen LogP contribution in [-0.2, 0) is 0 Å². The van der Waals surface area contributed by atoms with E-state index in [1.54, 1.807) is 0 Å². The third kappa shape index (κ3) is 2.29. The first-order chi connectivity index (χ1) is 8.81. The number of benzene rings is 2. The maximum Gasteiger partial charge on any atom is 0.219 e. The zero-order valence-electron chi connectivity index (χ0n) is 9.51. The van der Waals surface area contributed by atoms with Crippen LogP contribution < -0.4 is 4.74 Å². The van der Waals surface area contributed by atoms with E-state index in [1.807, 2.05) is 60.7 Å². The second kappa shape index (κ2) is 4.67. The summed E-state index contributed by atoms with van der Waals surface area (Å²) in [6, 6.07) is 19.0. The Balaban J connectivity index is 1.96. The molecule has 0 N–H and O–H groups in total. The number of aromatic nitrogens is 1. The fourth-order valence-corrected chi connectivity index (χ4v) is 1.92. The molecule has 18 heavy (non-hydrogen) atoms. The quantitative estimate of drug-likeness (QED) is 0.663. The van der Waals surface area contributed by atoms with E-state index < -0.39 is 0 Å². The van der Waals surface area contributed by atoms with E-state index in [0.717, 1.165) is 16.7 Å². The van der Waals surface area contributed by atoms with Crippen molar-refractivity contribution in [3.8, 4) is 11.6 Å². The lowest BCUT2D eigenvalue weighted by Gasteiger charge is -2.05. The highest BCUT2D eigenvalue weighted by molar-refractivity contribution is 6.31. The summed E-state index contributed by atoms with van der Waals surface area (Å²) in [6.45, 7) is 0. The molecule has 0 amide bonds. The SMILES string of the molecule is Clc1ccc2nc(Oc3ccccc3)ccc2c1. The van der Waals surface area contributed by atoms with Gasteiger partial charge in [0.2, 0.25) is 5.88 Å². The summed E-state index contributed by atoms with van der Waals surface area (Å²) in [5.74, 6) is 1.36. The average Bonchev–Trinajstić information content (AvgIpc) is 2.40. The second-order valence-electron chi connectivity index (χ2n) is 3.90. The van der Waals surface area contributed by atoms with Crippen molar-refractivity contribution in [3.63, 3.8) is 0 Å². The maximum absolute atomic E-state index is 5.93. The molecule has 3 rings (SSSR count). The van der Waals surface area contributed by atoms with Gasteiger partial charge in [-0.25, -0.2) is 4.98 Å². The van der Waals surface area contributed by atoms with Gasteiger partial charge in [-0.05, 0) is 36.4 Å². The van der Waals surface area contributed by atoms with E-state index in [0.29, 0.717) is 10.9 Å². The summed E-state index contributed by atoms with van der Waals surface area (Å²) in [5.41, 5.74) is 0.868. The Morgan fingerprint density at radius 1 is 0.889 bits per heavy atom. The first kappa shape index (κ1) is 11.1. The van der Waals surface area contributed by atoms with Gasteiger partial charge >= 0.3 is 0 Å². The fraction of sp³-hybridized carbons (Fsp3) is 0. The van der Waals surface area contributed by atoms with Crippen LogP contribution in [0.5, 0.6) is 11.6 Å².